The highest BCUT2D eigenvalue weighted by Crippen LogP contribution is 2.57. The summed E-state index contributed by atoms with van der Waals surface area (Å²) >= 11 is 0. The average Bonchev–Trinajstić information content (AvgIpc) is 2.94. The molecule has 4 rings (SSSR count). The fourth-order valence-corrected chi connectivity index (χ4v) is 4.31. The van der Waals surface area contributed by atoms with Gasteiger partial charge in [-0.3, -0.25) is 0 Å². The van der Waals surface area contributed by atoms with Crippen molar-refractivity contribution in [1.29, 1.82) is 0 Å². The van der Waals surface area contributed by atoms with Gasteiger partial charge in [0.15, 0.2) is 0 Å². The molecule has 0 bridgehead atoms. The van der Waals surface area contributed by atoms with E-state index in [4.69, 9.17) is 4.74 Å². The van der Waals surface area contributed by atoms with Crippen molar-refractivity contribution in [3.63, 3.8) is 0 Å². The Kier molecular flexibility index (Phi) is 3.46. The first-order valence-corrected chi connectivity index (χ1v) is 8.50. The molecule has 4 heteroatoms. The molecule has 3 N–H and O–H groups in total. The van der Waals surface area contributed by atoms with Crippen LogP contribution in [0.3, 0.4) is 0 Å². The first-order chi connectivity index (χ1) is 11.5. The van der Waals surface area contributed by atoms with Gasteiger partial charge in [0.2, 0.25) is 0 Å². The van der Waals surface area contributed by atoms with Gasteiger partial charge in [-0.25, -0.2) is 0 Å². The number of hydrogen-bond donors (Lipinski definition) is 3. The molecule has 1 heterocycles. The lowest BCUT2D eigenvalue weighted by Gasteiger charge is -2.36. The molecule has 4 atom stereocenters. The van der Waals surface area contributed by atoms with Gasteiger partial charge >= 0.3 is 0 Å². The third-order valence-corrected chi connectivity index (χ3v) is 5.65. The zero-order valence-corrected chi connectivity index (χ0v) is 13.6. The minimum Gasteiger partial charge on any atom is -0.508 e. The van der Waals surface area contributed by atoms with E-state index in [-0.39, 0.29) is 29.4 Å². The molecule has 24 heavy (non-hydrogen) atoms. The quantitative estimate of drug-likeness (QED) is 0.783. The Balaban J connectivity index is 1.79. The first kappa shape index (κ1) is 15.3. The van der Waals surface area contributed by atoms with Crippen molar-refractivity contribution in [3.8, 4) is 17.2 Å². The minimum atomic E-state index is -0.694. The summed E-state index contributed by atoms with van der Waals surface area (Å²) in [5.41, 5.74) is 1.29. The fourth-order valence-electron chi connectivity index (χ4n) is 4.31. The SMILES string of the molecule is CC[C@@]1(O)C[C@H]2[C@@H](C1)c1cc(O)ccc1O[C@H]2c1ccc(O)cc1. The van der Waals surface area contributed by atoms with Crippen molar-refractivity contribution >= 4 is 0 Å². The number of phenols is 2. The second-order valence-corrected chi connectivity index (χ2v) is 7.11. The molecule has 0 unspecified atom stereocenters. The third kappa shape index (κ3) is 2.42. The molecule has 1 aliphatic heterocycles. The number of rotatable bonds is 2. The third-order valence-electron chi connectivity index (χ3n) is 5.65. The van der Waals surface area contributed by atoms with Gasteiger partial charge in [-0.1, -0.05) is 19.1 Å². The van der Waals surface area contributed by atoms with Crippen LogP contribution in [-0.2, 0) is 0 Å². The van der Waals surface area contributed by atoms with Gasteiger partial charge < -0.3 is 20.1 Å². The molecule has 2 aromatic carbocycles. The van der Waals surface area contributed by atoms with Crippen LogP contribution in [-0.4, -0.2) is 20.9 Å². The van der Waals surface area contributed by atoms with E-state index in [0.717, 1.165) is 16.9 Å². The van der Waals surface area contributed by atoms with Gasteiger partial charge in [0.25, 0.3) is 0 Å². The summed E-state index contributed by atoms with van der Waals surface area (Å²) < 4.78 is 6.26. The van der Waals surface area contributed by atoms with Crippen LogP contribution in [0.1, 0.15) is 49.3 Å². The molecule has 0 spiro atoms. The summed E-state index contributed by atoms with van der Waals surface area (Å²) in [6.45, 7) is 2.01. The second-order valence-electron chi connectivity index (χ2n) is 7.11. The Bertz CT molecular complexity index is 755. The number of fused-ring (bicyclic) bond motifs is 3. The summed E-state index contributed by atoms with van der Waals surface area (Å²) in [4.78, 5) is 0. The molecule has 0 radical (unpaired) electrons. The van der Waals surface area contributed by atoms with Crippen LogP contribution in [0.4, 0.5) is 0 Å². The zero-order valence-electron chi connectivity index (χ0n) is 13.6. The maximum atomic E-state index is 10.9. The largest absolute Gasteiger partial charge is 0.508 e. The van der Waals surface area contributed by atoms with Gasteiger partial charge in [0.1, 0.15) is 23.4 Å². The highest BCUT2D eigenvalue weighted by molar-refractivity contribution is 5.46. The Morgan fingerprint density at radius 2 is 1.75 bits per heavy atom. The van der Waals surface area contributed by atoms with Crippen LogP contribution in [0.25, 0.3) is 0 Å². The number of phenolic OH excluding ortho intramolecular Hbond substituents is 2. The van der Waals surface area contributed by atoms with E-state index in [9.17, 15) is 15.3 Å². The van der Waals surface area contributed by atoms with Crippen molar-refractivity contribution < 1.29 is 20.1 Å². The molecule has 1 saturated carbocycles. The maximum absolute atomic E-state index is 10.9. The molecule has 1 aliphatic carbocycles. The summed E-state index contributed by atoms with van der Waals surface area (Å²) in [5.74, 6) is 1.53. The Labute approximate surface area is 141 Å². The van der Waals surface area contributed by atoms with E-state index < -0.39 is 5.60 Å². The number of aliphatic hydroxyl groups is 1. The summed E-state index contributed by atoms with van der Waals surface area (Å²) in [7, 11) is 0. The predicted octanol–water partition coefficient (Wildman–Crippen LogP) is 3.87. The maximum Gasteiger partial charge on any atom is 0.127 e. The molecule has 1 fully saturated rings. The lowest BCUT2D eigenvalue weighted by atomic mass is 9.80. The Morgan fingerprint density at radius 3 is 2.46 bits per heavy atom. The standard InChI is InChI=1S/C20H22O4/c1-2-20(23)10-16-15-9-14(22)7-8-18(15)24-19(17(16)11-20)12-3-5-13(21)6-4-12/h3-9,16-17,19,21-23H,2,10-11H2,1H3/t16-,17-,19-,20-/m0/s1. The highest BCUT2D eigenvalue weighted by Gasteiger charge is 2.50. The first-order valence-electron chi connectivity index (χ1n) is 8.50. The molecule has 0 amide bonds. The summed E-state index contributed by atoms with van der Waals surface area (Å²) in [6.07, 6.45) is 1.90. The van der Waals surface area contributed by atoms with Crippen LogP contribution in [0.2, 0.25) is 0 Å². The summed E-state index contributed by atoms with van der Waals surface area (Å²) in [5, 5.41) is 30.3. The molecule has 0 aromatic heterocycles. The van der Waals surface area contributed by atoms with Gasteiger partial charge in [0.05, 0.1) is 5.60 Å². The highest BCUT2D eigenvalue weighted by atomic mass is 16.5. The Morgan fingerprint density at radius 1 is 1.04 bits per heavy atom. The molecule has 2 aromatic rings. The van der Waals surface area contributed by atoms with Crippen LogP contribution >= 0.6 is 0 Å². The Hall–Kier alpha value is -2.20. The van der Waals surface area contributed by atoms with E-state index in [1.165, 1.54) is 0 Å². The van der Waals surface area contributed by atoms with Crippen molar-refractivity contribution in [2.75, 3.05) is 0 Å². The van der Waals surface area contributed by atoms with Crippen LogP contribution in [0.5, 0.6) is 17.2 Å². The fraction of sp³-hybridized carbons (Fsp3) is 0.400. The molecule has 0 saturated heterocycles. The topological polar surface area (TPSA) is 69.9 Å². The average molecular weight is 326 g/mol. The van der Waals surface area contributed by atoms with Gasteiger partial charge in [-0.2, -0.15) is 0 Å². The molecule has 4 nitrogen and oxygen atoms in total. The van der Waals surface area contributed by atoms with Crippen LogP contribution < -0.4 is 4.74 Å². The number of ether oxygens (including phenoxy) is 1. The van der Waals surface area contributed by atoms with E-state index in [1.807, 2.05) is 19.1 Å². The number of hydrogen-bond acceptors (Lipinski definition) is 4. The lowest BCUT2D eigenvalue weighted by Crippen LogP contribution is -2.27. The van der Waals surface area contributed by atoms with Crippen molar-refractivity contribution in [2.45, 2.75) is 43.8 Å². The molecule has 2 aliphatic rings. The number of benzene rings is 2. The van der Waals surface area contributed by atoms with E-state index in [2.05, 4.69) is 0 Å². The van der Waals surface area contributed by atoms with Crippen LogP contribution in [0, 0.1) is 5.92 Å². The van der Waals surface area contributed by atoms with Crippen molar-refractivity contribution in [1.82, 2.24) is 0 Å². The smallest absolute Gasteiger partial charge is 0.127 e. The van der Waals surface area contributed by atoms with E-state index in [1.54, 1.807) is 30.3 Å². The number of aromatic hydroxyl groups is 2. The second kappa shape index (κ2) is 5.42. The van der Waals surface area contributed by atoms with E-state index >= 15 is 0 Å². The normalized spacial score (nSPS) is 31.2. The summed E-state index contributed by atoms with van der Waals surface area (Å²) in [6, 6.07) is 12.3. The van der Waals surface area contributed by atoms with Gasteiger partial charge in [0, 0.05) is 11.5 Å². The van der Waals surface area contributed by atoms with Crippen LogP contribution in [0.15, 0.2) is 42.5 Å². The molecular formula is C20H22O4. The molecular weight excluding hydrogens is 304 g/mol. The monoisotopic (exact) mass is 326 g/mol. The zero-order chi connectivity index (χ0) is 16.9. The lowest BCUT2D eigenvalue weighted by molar-refractivity contribution is 0.0295. The van der Waals surface area contributed by atoms with E-state index in [0.29, 0.717) is 19.3 Å². The van der Waals surface area contributed by atoms with Gasteiger partial charge in [-0.15, -0.1) is 0 Å². The van der Waals surface area contributed by atoms with Crippen molar-refractivity contribution in [2.24, 2.45) is 5.92 Å². The molecule has 126 valence electrons. The van der Waals surface area contributed by atoms with Crippen molar-refractivity contribution in [3.05, 3.63) is 53.6 Å². The predicted molar refractivity (Wildman–Crippen MR) is 90.3 cm³/mol. The van der Waals surface area contributed by atoms with Gasteiger partial charge in [-0.05, 0) is 61.1 Å². The minimum absolute atomic E-state index is 0.147.